The second-order valence-electron chi connectivity index (χ2n) is 5.11. The predicted octanol–water partition coefficient (Wildman–Crippen LogP) is 2.60. The molecule has 6 nitrogen and oxygen atoms in total. The van der Waals surface area contributed by atoms with E-state index in [2.05, 4.69) is 24.8 Å². The van der Waals surface area contributed by atoms with E-state index >= 15 is 0 Å². The normalized spacial score (nSPS) is 15.5. The van der Waals surface area contributed by atoms with Crippen LogP contribution in [0.3, 0.4) is 0 Å². The molecule has 0 atom stereocenters. The largest absolute Gasteiger partial charge is 0.423 e. The summed E-state index contributed by atoms with van der Waals surface area (Å²) >= 11 is 6.15. The van der Waals surface area contributed by atoms with E-state index < -0.39 is 0 Å². The van der Waals surface area contributed by atoms with Crippen molar-refractivity contribution in [2.45, 2.75) is 0 Å². The Labute approximate surface area is 132 Å². The molecule has 22 heavy (non-hydrogen) atoms. The Kier molecular flexibility index (Phi) is 3.31. The first-order valence-electron chi connectivity index (χ1n) is 7.13. The van der Waals surface area contributed by atoms with Crippen molar-refractivity contribution < 1.29 is 4.42 Å². The van der Waals surface area contributed by atoms with Crippen LogP contribution in [0, 0.1) is 0 Å². The van der Waals surface area contributed by atoms with E-state index in [-0.39, 0.29) is 0 Å². The summed E-state index contributed by atoms with van der Waals surface area (Å²) in [5, 5.41) is 0.615. The minimum absolute atomic E-state index is 0.615. The molecule has 3 aromatic rings. The zero-order valence-electron chi connectivity index (χ0n) is 11.8. The molecule has 2 aromatic heterocycles. The Morgan fingerprint density at radius 1 is 0.955 bits per heavy atom. The molecule has 1 aromatic carbocycles. The van der Waals surface area contributed by atoms with Gasteiger partial charge in [0.15, 0.2) is 5.58 Å². The molecule has 0 bridgehead atoms. The van der Waals surface area contributed by atoms with Gasteiger partial charge in [-0.25, -0.2) is 9.97 Å². The van der Waals surface area contributed by atoms with Gasteiger partial charge in [0.05, 0.1) is 5.02 Å². The number of rotatable bonds is 2. The molecule has 3 heterocycles. The second-order valence-corrected chi connectivity index (χ2v) is 5.51. The quantitative estimate of drug-likeness (QED) is 0.724. The number of aromatic nitrogens is 3. The van der Waals surface area contributed by atoms with Crippen LogP contribution in [0.25, 0.3) is 11.1 Å². The zero-order valence-corrected chi connectivity index (χ0v) is 12.6. The van der Waals surface area contributed by atoms with Gasteiger partial charge in [0.2, 0.25) is 5.95 Å². The molecular weight excluding hydrogens is 302 g/mol. The molecule has 1 saturated heterocycles. The zero-order chi connectivity index (χ0) is 14.9. The molecule has 7 heteroatoms. The lowest BCUT2D eigenvalue weighted by Gasteiger charge is -2.33. The van der Waals surface area contributed by atoms with Gasteiger partial charge in [-0.1, -0.05) is 17.7 Å². The Bertz CT molecular complexity index is 783. The highest BCUT2D eigenvalue weighted by Gasteiger charge is 2.22. The minimum Gasteiger partial charge on any atom is -0.423 e. The Morgan fingerprint density at radius 3 is 2.41 bits per heavy atom. The van der Waals surface area contributed by atoms with Crippen molar-refractivity contribution in [1.29, 1.82) is 0 Å². The molecule has 112 valence electrons. The van der Waals surface area contributed by atoms with Crippen molar-refractivity contribution in [2.24, 2.45) is 0 Å². The van der Waals surface area contributed by atoms with Gasteiger partial charge in [0.25, 0.3) is 6.01 Å². The average molecular weight is 316 g/mol. The molecule has 0 aliphatic carbocycles. The number of piperazine rings is 1. The van der Waals surface area contributed by atoms with E-state index in [9.17, 15) is 0 Å². The molecule has 0 amide bonds. The molecule has 0 saturated carbocycles. The molecular formula is C15H14ClN5O. The maximum absolute atomic E-state index is 6.15. The fourth-order valence-corrected chi connectivity index (χ4v) is 2.80. The second kappa shape index (κ2) is 5.46. The third-order valence-corrected chi connectivity index (χ3v) is 4.05. The Morgan fingerprint density at radius 2 is 1.68 bits per heavy atom. The number of nitrogens with zero attached hydrogens (tertiary/aromatic N) is 5. The van der Waals surface area contributed by atoms with Crippen molar-refractivity contribution in [3.8, 4) is 0 Å². The summed E-state index contributed by atoms with van der Waals surface area (Å²) in [6.45, 7) is 3.28. The SMILES string of the molecule is Clc1cccc2oc(N3CCN(c4ncccn4)CC3)nc12. The van der Waals surface area contributed by atoms with E-state index in [0.29, 0.717) is 16.6 Å². The smallest absolute Gasteiger partial charge is 0.298 e. The molecule has 0 N–H and O–H groups in total. The summed E-state index contributed by atoms with van der Waals surface area (Å²) in [5.74, 6) is 0.766. The van der Waals surface area contributed by atoms with Crippen molar-refractivity contribution in [3.05, 3.63) is 41.7 Å². The molecule has 1 aliphatic rings. The van der Waals surface area contributed by atoms with Crippen molar-refractivity contribution in [1.82, 2.24) is 15.0 Å². The topological polar surface area (TPSA) is 58.3 Å². The Balaban J connectivity index is 1.52. The van der Waals surface area contributed by atoms with Gasteiger partial charge in [-0.2, -0.15) is 4.98 Å². The van der Waals surface area contributed by atoms with Crippen LogP contribution in [-0.4, -0.2) is 41.1 Å². The highest BCUT2D eigenvalue weighted by atomic mass is 35.5. The number of benzene rings is 1. The van der Waals surface area contributed by atoms with Crippen LogP contribution in [-0.2, 0) is 0 Å². The molecule has 1 fully saturated rings. The summed E-state index contributed by atoms with van der Waals surface area (Å²) in [5.41, 5.74) is 1.43. The molecule has 0 radical (unpaired) electrons. The van der Waals surface area contributed by atoms with Gasteiger partial charge < -0.3 is 14.2 Å². The number of oxazole rings is 1. The molecule has 0 spiro atoms. The maximum atomic E-state index is 6.15. The van der Waals surface area contributed by atoms with E-state index in [4.69, 9.17) is 16.0 Å². The lowest BCUT2D eigenvalue weighted by Crippen LogP contribution is -2.47. The lowest BCUT2D eigenvalue weighted by atomic mass is 10.3. The van der Waals surface area contributed by atoms with E-state index in [1.54, 1.807) is 12.4 Å². The first kappa shape index (κ1) is 13.3. The van der Waals surface area contributed by atoms with Gasteiger partial charge in [-0.3, -0.25) is 0 Å². The first-order valence-corrected chi connectivity index (χ1v) is 7.51. The average Bonchev–Trinajstić information content (AvgIpc) is 3.02. The number of fused-ring (bicyclic) bond motifs is 1. The van der Waals surface area contributed by atoms with Crippen molar-refractivity contribution in [2.75, 3.05) is 36.0 Å². The number of hydrogen-bond donors (Lipinski definition) is 0. The van der Waals surface area contributed by atoms with Gasteiger partial charge in [-0.15, -0.1) is 0 Å². The van der Waals surface area contributed by atoms with Crippen molar-refractivity contribution >= 4 is 34.7 Å². The maximum Gasteiger partial charge on any atom is 0.298 e. The van der Waals surface area contributed by atoms with Gasteiger partial charge in [-0.05, 0) is 18.2 Å². The number of hydrogen-bond acceptors (Lipinski definition) is 6. The molecule has 1 aliphatic heterocycles. The fraction of sp³-hybridized carbons (Fsp3) is 0.267. The van der Waals surface area contributed by atoms with Crippen LogP contribution in [0.15, 0.2) is 41.1 Å². The standard InChI is InChI=1S/C15H14ClN5O/c16-11-3-1-4-12-13(11)19-15(22-12)21-9-7-20(8-10-21)14-17-5-2-6-18-14/h1-6H,7-10H2. The van der Waals surface area contributed by atoms with Crippen LogP contribution in [0.2, 0.25) is 5.02 Å². The van der Waals surface area contributed by atoms with Gasteiger partial charge in [0, 0.05) is 38.6 Å². The van der Waals surface area contributed by atoms with Gasteiger partial charge >= 0.3 is 0 Å². The van der Waals surface area contributed by atoms with E-state index in [0.717, 1.165) is 37.7 Å². The van der Waals surface area contributed by atoms with Gasteiger partial charge in [0.1, 0.15) is 5.52 Å². The monoisotopic (exact) mass is 315 g/mol. The summed E-state index contributed by atoms with van der Waals surface area (Å²) in [4.78, 5) is 17.4. The minimum atomic E-state index is 0.615. The lowest BCUT2D eigenvalue weighted by molar-refractivity contribution is 0.539. The Hall–Kier alpha value is -2.34. The number of para-hydroxylation sites is 1. The number of halogens is 1. The first-order chi connectivity index (χ1) is 10.8. The van der Waals surface area contributed by atoms with Crippen LogP contribution in [0.4, 0.5) is 12.0 Å². The van der Waals surface area contributed by atoms with Crippen LogP contribution < -0.4 is 9.80 Å². The molecule has 0 unspecified atom stereocenters. The third kappa shape index (κ3) is 2.35. The highest BCUT2D eigenvalue weighted by Crippen LogP contribution is 2.28. The highest BCUT2D eigenvalue weighted by molar-refractivity contribution is 6.34. The summed E-state index contributed by atoms with van der Waals surface area (Å²) in [6, 6.07) is 8.01. The predicted molar refractivity (Wildman–Crippen MR) is 85.5 cm³/mol. The fourth-order valence-electron chi connectivity index (χ4n) is 2.59. The van der Waals surface area contributed by atoms with E-state index in [1.165, 1.54) is 0 Å². The van der Waals surface area contributed by atoms with Crippen molar-refractivity contribution in [3.63, 3.8) is 0 Å². The third-order valence-electron chi connectivity index (χ3n) is 3.74. The van der Waals surface area contributed by atoms with Crippen LogP contribution in [0.1, 0.15) is 0 Å². The summed E-state index contributed by atoms with van der Waals surface area (Å²) in [6.07, 6.45) is 3.52. The molecule has 4 rings (SSSR count). The van der Waals surface area contributed by atoms with Crippen LogP contribution >= 0.6 is 11.6 Å². The summed E-state index contributed by atoms with van der Waals surface area (Å²) in [7, 11) is 0. The van der Waals surface area contributed by atoms with E-state index in [1.807, 2.05) is 24.3 Å². The van der Waals surface area contributed by atoms with Crippen LogP contribution in [0.5, 0.6) is 0 Å². The summed E-state index contributed by atoms with van der Waals surface area (Å²) < 4.78 is 5.81. The number of anilines is 2.